The van der Waals surface area contributed by atoms with Crippen LogP contribution in [0.3, 0.4) is 0 Å². The summed E-state index contributed by atoms with van der Waals surface area (Å²) in [7, 11) is 4.20. The largest absolute Gasteiger partial charge is 0.500 e. The molecule has 52 heteroatoms. The number of nitrogens with one attached hydrogen (secondary N) is 2. The first-order chi connectivity index (χ1) is 51.1. The maximum atomic E-state index is 11.2. The van der Waals surface area contributed by atoms with E-state index in [9.17, 15) is 47.9 Å². The third-order valence-corrected chi connectivity index (χ3v) is 14.5. The van der Waals surface area contributed by atoms with Crippen molar-refractivity contribution in [3.63, 3.8) is 0 Å². The summed E-state index contributed by atoms with van der Waals surface area (Å²) < 4.78 is 49.1. The number of aliphatic hydroxyl groups excluding tert-OH is 4. The van der Waals surface area contributed by atoms with Gasteiger partial charge in [-0.2, -0.15) is 13.0 Å². The molecule has 733 valence electrons. The Labute approximate surface area is 986 Å². The van der Waals surface area contributed by atoms with Crippen LogP contribution in [-0.2, 0) is 196 Å². The molecule has 1 rings (SSSR count). The number of Topliss-reactive ketones (excluding diaryl/α,β-unsaturated/α-hetero) is 2. The van der Waals surface area contributed by atoms with E-state index < -0.39 is 32.7 Å². The molecular weight excluding hydrogens is 2790 g/mol. The number of esters is 2. The zero-order valence-electron chi connectivity index (χ0n) is 67.9. The number of ether oxygens (including phenoxy) is 5. The van der Waals surface area contributed by atoms with E-state index >= 15 is 0 Å². The fourth-order valence-corrected chi connectivity index (χ4v) is 9.06. The van der Waals surface area contributed by atoms with E-state index in [-0.39, 0.29) is 451 Å². The summed E-state index contributed by atoms with van der Waals surface area (Å²) in [5, 5.41) is 92.1. The van der Waals surface area contributed by atoms with Gasteiger partial charge in [0.2, 0.25) is 11.8 Å². The molecule has 3 radical (unpaired) electrons. The van der Waals surface area contributed by atoms with Crippen molar-refractivity contribution in [2.24, 2.45) is 28.7 Å². The van der Waals surface area contributed by atoms with Gasteiger partial charge in [-0.15, -0.1) is 0 Å². The number of hydrogen-bond acceptors (Lipinski definition) is 36. The van der Waals surface area contributed by atoms with E-state index in [1.54, 1.807) is 28.4 Å². The Morgan fingerprint density at radius 1 is 0.388 bits per heavy atom. The van der Waals surface area contributed by atoms with Gasteiger partial charge in [0.25, 0.3) is 0 Å². The fourth-order valence-electron chi connectivity index (χ4n) is 6.42. The number of nitrogens with two attached hydrogens (primary N) is 5. The van der Waals surface area contributed by atoms with Crippen LogP contribution < -0.4 is 39.3 Å². The molecule has 2 amide bonds. The first kappa shape index (κ1) is 176. The molecule has 0 bridgehead atoms. The monoisotopic (exact) mass is 2930 g/mol. The number of cyclic esters (lactones) is 2. The Hall–Kier alpha value is 7.30. The maximum absolute atomic E-state index is 11.2. The predicted octanol–water partition coefficient (Wildman–Crippen LogP) is 3.93. The van der Waals surface area contributed by atoms with Gasteiger partial charge in [-0.1, -0.05) is 0 Å². The summed E-state index contributed by atoms with van der Waals surface area (Å²) in [5.41, 5.74) is 25.7. The van der Waals surface area contributed by atoms with Crippen LogP contribution >= 0.6 is 38.7 Å². The second kappa shape index (κ2) is 169. The average molecular weight is 2930 g/mol. The number of methoxy groups -OCH3 is 4. The van der Waals surface area contributed by atoms with E-state index in [1.165, 1.54) is 0 Å². The van der Waals surface area contributed by atoms with Gasteiger partial charge in [0, 0.05) is 587 Å². The Morgan fingerprint density at radius 3 is 0.862 bits per heavy atom. The second-order valence-electron chi connectivity index (χ2n) is 20.6. The molecule has 0 aromatic heterocycles. The van der Waals surface area contributed by atoms with Gasteiger partial charge in [0.15, 0.2) is 0 Å². The van der Waals surface area contributed by atoms with Crippen molar-refractivity contribution in [1.82, 2.24) is 10.6 Å². The minimum absolute atomic E-state index is 0. The average Bonchev–Trinajstić information content (AvgIpc) is 0.880. The Balaban J connectivity index is -0.0000000453. The van der Waals surface area contributed by atoms with Gasteiger partial charge in [0.05, 0.1) is 0 Å². The van der Waals surface area contributed by atoms with Gasteiger partial charge in [0.1, 0.15) is 11.6 Å². The van der Waals surface area contributed by atoms with Crippen molar-refractivity contribution < 1.29 is 505 Å². The number of aliphatic carboxylic acids is 4. The van der Waals surface area contributed by atoms with Crippen molar-refractivity contribution in [2.45, 2.75) is 207 Å². The van der Waals surface area contributed by atoms with Crippen LogP contribution in [0.4, 0.5) is 0 Å². The normalized spacial score (nSPS) is 9.57. The topological polar surface area (TPSA) is 649 Å². The number of carboxylic acid groups (broad SMARTS) is 4. The van der Waals surface area contributed by atoms with E-state index in [4.69, 9.17) is 118 Å². The molecule has 0 spiro atoms. The molecule has 1 heterocycles. The molecule has 39 nitrogen and oxygen atoms in total. The van der Waals surface area contributed by atoms with Crippen molar-refractivity contribution in [3.8, 4) is 0 Å². The zero-order valence-corrected chi connectivity index (χ0v) is 90.8. The third-order valence-electron chi connectivity index (χ3n) is 11.3. The number of unbranched alkanes of at least 4 members (excludes halogenated alkanes) is 2. The molecule has 116 heavy (non-hydrogen) atoms. The van der Waals surface area contributed by atoms with Crippen LogP contribution in [0.15, 0.2) is 0 Å². The molecule has 23 N–H and O–H groups in total. The molecule has 0 aromatic carbocycles. The Kier molecular flexibility index (Phi) is 256. The second-order valence-corrected chi connectivity index (χ2v) is 23.9. The molecule has 0 aromatic rings. The summed E-state index contributed by atoms with van der Waals surface area (Å²) >= 11 is 8.53. The van der Waals surface area contributed by atoms with E-state index in [0.29, 0.717) is 156 Å². The van der Waals surface area contributed by atoms with Gasteiger partial charge in [-0.3, -0.25) is 47.9 Å². The van der Waals surface area contributed by atoms with Crippen LogP contribution in [0.1, 0.15) is 201 Å². The molecule has 0 saturated carbocycles. The Morgan fingerprint density at radius 2 is 0.638 bits per heavy atom. The van der Waals surface area contributed by atoms with Crippen molar-refractivity contribution >= 4 is 107 Å². The SMILES string of the molecule is CCO[Si](CCCN)(OCC)OCC.COCCCCC(=O)CCCC(=O)O.COCCCN.COCCCN.COCCCNC(=O)CCCC(=O)O.NCCCO.NCCCO.O=C(O)CCCC(=O)CCCCO.O=C(O)CCCC(=O)NCCCO.O=C1CCCC(=O)O1.OOS.OOS.OOS.[Er].[Er].[Er].[Y].[Y].[Y].[Yb].[Yb].[Yb]. The van der Waals surface area contributed by atoms with Gasteiger partial charge in [-0.25, -0.2) is 15.8 Å². The standard InChI is InChI=1S/C10H18O4.C9H17NO4.C9H23NO3Si.C9H16O4.C8H15NO4.C5H6O3.2C4H11NO.2C3H9NO.3Er.3H2O2S.3Y.3Yb/c1-14-8-3-2-5-9(11)6-4-7-10(12)13;1-14-7-3-6-10-8(11)4-2-5-9(12)13;1-4-11-14(12-5-2,13-6-3)9-7-8-10;10-7-2-1-4-8(11)5-3-6-9(12)13;10-6-2-5-9-7(11)3-1-4-8(12)13;6-4-2-1-3-5(7)8-4;2*1-6-4-2-3-5;2*4-2-1-3-5;;;;3*1-2-3;;;;;;/h2-8H2,1H3,(H,12,13);2-7H2,1H3,(H,10,11)(H,12,13);4-10H2,1-3H3;10H,1-7H2,(H,12,13);10H,1-6H2,(H,9,11)(H,12,13);1-3H2;2*2-5H2,1H3;2*5H,1-4H2;;;;3*1,3H;;;;;;. The Bertz CT molecular complexity index is 1790. The molecule has 1 aliphatic heterocycles. The molecular formula is C64H141Er3N7O32S3SiY3Yb3. The van der Waals surface area contributed by atoms with E-state index in [2.05, 4.69) is 67.1 Å². The third kappa shape index (κ3) is 215. The van der Waals surface area contributed by atoms with E-state index in [0.717, 1.165) is 83.7 Å². The van der Waals surface area contributed by atoms with Gasteiger partial charge >= 0.3 is 44.6 Å². The van der Waals surface area contributed by atoms with Crippen molar-refractivity contribution in [3.05, 3.63) is 0 Å². The maximum Gasteiger partial charge on any atom is 0.500 e. The number of carbonyl (C=O) groups excluding carboxylic acids is 6. The number of rotatable bonds is 51. The first-order valence-corrected chi connectivity index (χ1v) is 38.0. The molecule has 0 aliphatic carbocycles. The summed E-state index contributed by atoms with van der Waals surface area (Å²) in [6, 6.07) is 0.818. The van der Waals surface area contributed by atoms with Crippen molar-refractivity contribution in [1.29, 1.82) is 0 Å². The predicted molar refractivity (Wildman–Crippen MR) is 412 cm³/mol. The zero-order chi connectivity index (χ0) is 84.7. The number of carboxylic acids is 4. The minimum atomic E-state index is -2.40. The molecule has 0 unspecified atom stereocenters. The quantitative estimate of drug-likeness (QED) is 0.00599. The smallest absolute Gasteiger partial charge is 0.481 e. The van der Waals surface area contributed by atoms with Gasteiger partial charge in [-0.05, 0) is 156 Å². The summed E-state index contributed by atoms with van der Waals surface area (Å²) in [6.45, 7) is 15.6. The number of ketones is 2. The molecule has 1 saturated heterocycles. The first-order valence-electron chi connectivity index (χ1n) is 34.9. The number of aliphatic hydroxyl groups is 4. The number of carbonyl (C=O) groups is 10. The number of thiol groups is 3. The van der Waals surface area contributed by atoms with Crippen LogP contribution in [0.5, 0.6) is 0 Å². The number of hydrogen-bond donors (Lipinski definition) is 21. The van der Waals surface area contributed by atoms with Gasteiger partial charge < -0.3 is 117 Å². The van der Waals surface area contributed by atoms with Crippen LogP contribution in [0, 0.1) is 253 Å². The van der Waals surface area contributed by atoms with Crippen LogP contribution in [0.2, 0.25) is 6.04 Å². The number of amides is 2. The van der Waals surface area contributed by atoms with Crippen molar-refractivity contribution in [2.75, 3.05) is 147 Å². The summed E-state index contributed by atoms with van der Waals surface area (Å²) in [5.74, 6) is -4.22. The molecule has 1 aliphatic rings. The molecule has 0 atom stereocenters. The summed E-state index contributed by atoms with van der Waals surface area (Å²) in [4.78, 5) is 105. The fraction of sp³-hybridized carbons (Fsp3) is 0.844. The van der Waals surface area contributed by atoms with Crippen LogP contribution in [-0.4, -0.2) is 272 Å². The van der Waals surface area contributed by atoms with Crippen LogP contribution in [0.25, 0.3) is 0 Å². The molecule has 1 fully saturated rings. The van der Waals surface area contributed by atoms with E-state index in [1.807, 2.05) is 20.8 Å². The summed E-state index contributed by atoms with van der Waals surface area (Å²) in [6.07, 6.45) is 14.2. The minimum Gasteiger partial charge on any atom is -0.481 e.